The van der Waals surface area contributed by atoms with Crippen molar-refractivity contribution in [2.45, 2.75) is 25.7 Å². The van der Waals surface area contributed by atoms with Crippen LogP contribution in [0.2, 0.25) is 5.02 Å². The van der Waals surface area contributed by atoms with E-state index in [9.17, 15) is 18.4 Å². The summed E-state index contributed by atoms with van der Waals surface area (Å²) in [6.45, 7) is 3.91. The molecule has 8 aromatic rings. The fraction of sp³-hybridized carbons (Fsp3) is 0.160. The molecule has 4 aromatic carbocycles. The Labute approximate surface area is 400 Å². The number of aromatic nitrogens is 6. The molecule has 6 heterocycles. The average Bonchev–Trinajstić information content (AvgIpc) is 4.21. The second-order valence-corrected chi connectivity index (χ2v) is 16.4. The maximum Gasteiger partial charge on any atom is 0.323 e. The van der Waals surface area contributed by atoms with Crippen LogP contribution in [0, 0.1) is 11.6 Å². The van der Waals surface area contributed by atoms with Gasteiger partial charge in [0.2, 0.25) is 11.8 Å². The molecule has 2 aliphatic rings. The second kappa shape index (κ2) is 21.4. The predicted octanol–water partition coefficient (Wildman–Crippen LogP) is 11.9. The Morgan fingerprint density at radius 1 is 0.551 bits per heavy atom. The number of ether oxygens (including phenoxy) is 2. The number of nitrogens with one attached hydrogen (secondary N) is 6. The van der Waals surface area contributed by atoms with Crippen molar-refractivity contribution in [3.8, 4) is 45.8 Å². The van der Waals surface area contributed by atoms with E-state index in [1.54, 1.807) is 61.2 Å². The number of halogens is 3. The number of benzene rings is 4. The first-order valence-corrected chi connectivity index (χ1v) is 22.5. The minimum Gasteiger partial charge on any atom is -0.439 e. The van der Waals surface area contributed by atoms with Crippen LogP contribution in [0.4, 0.5) is 52.5 Å². The van der Waals surface area contributed by atoms with Crippen LogP contribution in [-0.4, -0.2) is 68.6 Å². The van der Waals surface area contributed by atoms with Crippen LogP contribution in [-0.2, 0) is 0 Å². The van der Waals surface area contributed by atoms with Gasteiger partial charge in [0.25, 0.3) is 0 Å². The first kappa shape index (κ1) is 45.6. The molecule has 16 nitrogen and oxygen atoms in total. The van der Waals surface area contributed by atoms with Gasteiger partial charge in [-0.1, -0.05) is 29.8 Å². The van der Waals surface area contributed by atoms with Crippen LogP contribution in [0.3, 0.4) is 0 Å². The van der Waals surface area contributed by atoms with Crippen molar-refractivity contribution < 1.29 is 27.8 Å². The Bertz CT molecular complexity index is 3040. The highest BCUT2D eigenvalue weighted by atomic mass is 35.5. The lowest BCUT2D eigenvalue weighted by Gasteiger charge is -2.19. The van der Waals surface area contributed by atoms with Crippen molar-refractivity contribution in [3.05, 3.63) is 157 Å². The number of H-pyrrole nitrogens is 2. The van der Waals surface area contributed by atoms with Crippen LogP contribution >= 0.6 is 11.6 Å². The summed E-state index contributed by atoms with van der Waals surface area (Å²) in [6, 6.07) is 30.7. The summed E-state index contributed by atoms with van der Waals surface area (Å²) in [7, 11) is 0. The van der Waals surface area contributed by atoms with Gasteiger partial charge in [-0.2, -0.15) is 10.2 Å². The zero-order valence-electron chi connectivity index (χ0n) is 36.9. The lowest BCUT2D eigenvalue weighted by molar-refractivity contribution is 0.261. The molecular weight excluding hydrogens is 906 g/mol. The van der Waals surface area contributed by atoms with Gasteiger partial charge in [-0.3, -0.25) is 10.2 Å². The van der Waals surface area contributed by atoms with Crippen molar-refractivity contribution >= 4 is 57.8 Å². The molecule has 10 rings (SSSR count). The van der Waals surface area contributed by atoms with Gasteiger partial charge in [-0.25, -0.2) is 28.3 Å². The Balaban J connectivity index is 0.000000172. The number of nitrogens with zero attached hydrogens (tertiary/aromatic N) is 6. The van der Waals surface area contributed by atoms with Crippen LogP contribution in [0.15, 0.2) is 140 Å². The molecule has 0 spiro atoms. The third-order valence-electron chi connectivity index (χ3n) is 11.0. The predicted molar refractivity (Wildman–Crippen MR) is 263 cm³/mol. The van der Waals surface area contributed by atoms with Crippen molar-refractivity contribution in [2.24, 2.45) is 0 Å². The van der Waals surface area contributed by atoms with Crippen LogP contribution in [0.5, 0.6) is 23.3 Å². The number of carbonyl (C=O) groups excluding carboxylic acids is 2. The second-order valence-electron chi connectivity index (χ2n) is 16.0. The number of carbonyl (C=O) groups is 2. The highest BCUT2D eigenvalue weighted by molar-refractivity contribution is 6.31. The van der Waals surface area contributed by atoms with E-state index < -0.39 is 23.7 Å². The molecule has 4 amide bonds. The average molecular weight is 951 g/mol. The zero-order chi connectivity index (χ0) is 47.5. The van der Waals surface area contributed by atoms with E-state index in [-0.39, 0.29) is 11.4 Å². The standard InChI is InChI=1S/C25H22ClFN6O2.C25H23FN6O2/c26-17-10-18(12-19(11-17)33-8-1-2-9-33)30-25(34)32-23-13-20(6-7-21(23)27)35-24-5-3-4-22(31-24)16-14-28-29-15-16;26-21-10-9-20(34-24-8-4-7-22(30-24)17-15-27-28-16-17)14-23(21)31-25(33)29-18-5-3-6-19(13-18)32-11-1-2-12-32/h3-7,10-15H,1-2,8-9H2,(H,28,29)(H2,30,32,34);3-10,13-16H,1-2,11-12H2,(H,27,28)(H2,29,31,33). The molecule has 2 fully saturated rings. The Morgan fingerprint density at radius 2 is 1.04 bits per heavy atom. The molecule has 0 saturated carbocycles. The summed E-state index contributed by atoms with van der Waals surface area (Å²) in [6.07, 6.45) is 11.3. The summed E-state index contributed by atoms with van der Waals surface area (Å²) in [4.78, 5) is 38.5. The van der Waals surface area contributed by atoms with Gasteiger partial charge in [0, 0.05) is 102 Å². The van der Waals surface area contributed by atoms with Crippen molar-refractivity contribution in [3.63, 3.8) is 0 Å². The molecule has 0 unspecified atom stereocenters. The van der Waals surface area contributed by atoms with E-state index in [0.717, 1.165) is 61.5 Å². The van der Waals surface area contributed by atoms with E-state index in [2.05, 4.69) is 61.4 Å². The zero-order valence-corrected chi connectivity index (χ0v) is 37.6. The summed E-state index contributed by atoms with van der Waals surface area (Å²) in [5, 5.41) is 24.4. The molecule has 2 aliphatic heterocycles. The van der Waals surface area contributed by atoms with Gasteiger partial charge in [0.05, 0.1) is 35.2 Å². The molecule has 2 saturated heterocycles. The fourth-order valence-corrected chi connectivity index (χ4v) is 7.97. The number of pyridine rings is 2. The van der Waals surface area contributed by atoms with Gasteiger partial charge < -0.3 is 40.5 Å². The smallest absolute Gasteiger partial charge is 0.323 e. The lowest BCUT2D eigenvalue weighted by Crippen LogP contribution is -2.21. The van der Waals surface area contributed by atoms with Crippen molar-refractivity contribution in [1.29, 1.82) is 0 Å². The Morgan fingerprint density at radius 3 is 1.57 bits per heavy atom. The highest BCUT2D eigenvalue weighted by Crippen LogP contribution is 2.31. The maximum absolute atomic E-state index is 14.4. The van der Waals surface area contributed by atoms with Gasteiger partial charge in [-0.05, 0) is 98.5 Å². The summed E-state index contributed by atoms with van der Waals surface area (Å²) >= 11 is 6.25. The Hall–Kier alpha value is -8.51. The van der Waals surface area contributed by atoms with Crippen LogP contribution in [0.25, 0.3) is 22.5 Å². The van der Waals surface area contributed by atoms with E-state index in [1.807, 2.05) is 42.5 Å². The molecular formula is C50H45ClF2N12O4. The third kappa shape index (κ3) is 12.1. The van der Waals surface area contributed by atoms with E-state index in [1.165, 1.54) is 49.2 Å². The molecule has 6 N–H and O–H groups in total. The number of hydrogen-bond acceptors (Lipinski definition) is 10. The van der Waals surface area contributed by atoms with Crippen LogP contribution in [0.1, 0.15) is 25.7 Å². The van der Waals surface area contributed by atoms with Crippen molar-refractivity contribution in [1.82, 2.24) is 30.4 Å². The molecule has 69 heavy (non-hydrogen) atoms. The Kier molecular flexibility index (Phi) is 14.2. The molecule has 19 heteroatoms. The lowest BCUT2D eigenvalue weighted by atomic mass is 10.2. The first-order valence-electron chi connectivity index (χ1n) is 22.1. The maximum atomic E-state index is 14.4. The highest BCUT2D eigenvalue weighted by Gasteiger charge is 2.17. The summed E-state index contributed by atoms with van der Waals surface area (Å²) < 4.78 is 40.4. The number of aromatic amines is 2. The number of amides is 4. The van der Waals surface area contributed by atoms with E-state index in [0.29, 0.717) is 51.0 Å². The SMILES string of the molecule is O=C(Nc1cc(Cl)cc(N2CCCC2)c1)Nc1cc(Oc2cccc(-c3cn[nH]c3)n2)ccc1F.O=C(Nc1cccc(N2CCCC2)c1)Nc1cc(Oc2cccc(-c3cn[nH]c3)n2)ccc1F. The largest absolute Gasteiger partial charge is 0.439 e. The molecule has 0 atom stereocenters. The summed E-state index contributed by atoms with van der Waals surface area (Å²) in [5.41, 5.74) is 6.09. The monoisotopic (exact) mass is 950 g/mol. The van der Waals surface area contributed by atoms with Gasteiger partial charge >= 0.3 is 12.1 Å². The topological polar surface area (TPSA) is 190 Å². The minimum atomic E-state index is -0.601. The van der Waals surface area contributed by atoms with E-state index >= 15 is 0 Å². The van der Waals surface area contributed by atoms with Crippen molar-refractivity contribution in [2.75, 3.05) is 57.2 Å². The fourth-order valence-electron chi connectivity index (χ4n) is 7.74. The number of anilines is 6. The molecule has 0 bridgehead atoms. The number of rotatable bonds is 12. The first-order chi connectivity index (χ1) is 33.7. The molecule has 0 radical (unpaired) electrons. The third-order valence-corrected chi connectivity index (χ3v) is 11.3. The van der Waals surface area contributed by atoms with Gasteiger partial charge in [0.15, 0.2) is 0 Å². The van der Waals surface area contributed by atoms with Gasteiger partial charge in [0.1, 0.15) is 23.1 Å². The molecule has 350 valence electrons. The number of hydrogen-bond donors (Lipinski definition) is 6. The van der Waals surface area contributed by atoms with Crippen LogP contribution < -0.4 is 40.5 Å². The van der Waals surface area contributed by atoms with Gasteiger partial charge in [-0.15, -0.1) is 0 Å². The quantitative estimate of drug-likeness (QED) is 0.0687. The minimum absolute atomic E-state index is 0.00307. The molecule has 4 aromatic heterocycles. The summed E-state index contributed by atoms with van der Waals surface area (Å²) in [5.74, 6) is 0.130. The normalized spacial score (nSPS) is 13.0. The number of urea groups is 2. The molecule has 0 aliphatic carbocycles. The van der Waals surface area contributed by atoms with E-state index in [4.69, 9.17) is 21.1 Å².